The van der Waals surface area contributed by atoms with Crippen LogP contribution in [0.4, 0.5) is 0 Å². The standard InChI is InChI=1S/C13H30N2/c1-7-13(8-2,10-14-9-3)11-15(6)12(4)5/h12,14H,7-11H2,1-6H3. The SMILES string of the molecule is CCNCC(CC)(CC)CN(C)C(C)C. The Hall–Kier alpha value is -0.0800. The van der Waals surface area contributed by atoms with E-state index in [-0.39, 0.29) is 0 Å². The number of hydrogen-bond acceptors (Lipinski definition) is 2. The highest BCUT2D eigenvalue weighted by molar-refractivity contribution is 4.82. The van der Waals surface area contributed by atoms with Crippen molar-refractivity contribution in [2.75, 3.05) is 26.7 Å². The van der Waals surface area contributed by atoms with Gasteiger partial charge in [0.25, 0.3) is 0 Å². The van der Waals surface area contributed by atoms with Crippen molar-refractivity contribution >= 4 is 0 Å². The van der Waals surface area contributed by atoms with Crippen LogP contribution < -0.4 is 5.32 Å². The summed E-state index contributed by atoms with van der Waals surface area (Å²) in [6.07, 6.45) is 2.52. The summed E-state index contributed by atoms with van der Waals surface area (Å²) in [5, 5.41) is 3.51. The van der Waals surface area contributed by atoms with Crippen LogP contribution in [0.15, 0.2) is 0 Å². The van der Waals surface area contributed by atoms with Crippen LogP contribution in [0.2, 0.25) is 0 Å². The summed E-state index contributed by atoms with van der Waals surface area (Å²) in [4.78, 5) is 2.46. The van der Waals surface area contributed by atoms with E-state index < -0.39 is 0 Å². The molecule has 0 radical (unpaired) electrons. The van der Waals surface area contributed by atoms with Crippen LogP contribution in [0.25, 0.3) is 0 Å². The average molecular weight is 214 g/mol. The Morgan fingerprint density at radius 3 is 2.00 bits per heavy atom. The van der Waals surface area contributed by atoms with E-state index in [9.17, 15) is 0 Å². The first-order valence-electron chi connectivity index (χ1n) is 6.42. The largest absolute Gasteiger partial charge is 0.316 e. The molecule has 2 nitrogen and oxygen atoms in total. The fourth-order valence-electron chi connectivity index (χ4n) is 1.88. The molecular formula is C13H30N2. The van der Waals surface area contributed by atoms with Gasteiger partial charge in [0.05, 0.1) is 0 Å². The maximum atomic E-state index is 3.51. The maximum absolute atomic E-state index is 3.51. The zero-order valence-electron chi connectivity index (χ0n) is 11.6. The molecule has 1 N–H and O–H groups in total. The van der Waals surface area contributed by atoms with Crippen molar-refractivity contribution in [1.29, 1.82) is 0 Å². The lowest BCUT2D eigenvalue weighted by molar-refractivity contribution is 0.134. The third kappa shape index (κ3) is 4.98. The van der Waals surface area contributed by atoms with Gasteiger partial charge in [-0.1, -0.05) is 20.8 Å². The Kier molecular flexibility index (Phi) is 7.20. The minimum Gasteiger partial charge on any atom is -0.316 e. The molecule has 0 heterocycles. The van der Waals surface area contributed by atoms with Crippen molar-refractivity contribution in [2.24, 2.45) is 5.41 Å². The Labute approximate surface area is 96.4 Å². The van der Waals surface area contributed by atoms with E-state index in [1.165, 1.54) is 19.4 Å². The van der Waals surface area contributed by atoms with Crippen molar-refractivity contribution in [1.82, 2.24) is 10.2 Å². The summed E-state index contributed by atoms with van der Waals surface area (Å²) in [5.41, 5.74) is 0.453. The minimum absolute atomic E-state index is 0.453. The smallest absolute Gasteiger partial charge is 0.00496 e. The lowest BCUT2D eigenvalue weighted by Crippen LogP contribution is -2.44. The predicted octanol–water partition coefficient (Wildman–Crippen LogP) is 2.74. The molecule has 0 aromatic rings. The molecule has 15 heavy (non-hydrogen) atoms. The third-order valence-corrected chi connectivity index (χ3v) is 3.72. The van der Waals surface area contributed by atoms with E-state index >= 15 is 0 Å². The Morgan fingerprint density at radius 2 is 1.67 bits per heavy atom. The van der Waals surface area contributed by atoms with Crippen molar-refractivity contribution in [3.63, 3.8) is 0 Å². The van der Waals surface area contributed by atoms with E-state index in [4.69, 9.17) is 0 Å². The fourth-order valence-corrected chi connectivity index (χ4v) is 1.88. The van der Waals surface area contributed by atoms with Crippen LogP contribution in [0.5, 0.6) is 0 Å². The van der Waals surface area contributed by atoms with Gasteiger partial charge < -0.3 is 10.2 Å². The molecule has 0 bridgehead atoms. The van der Waals surface area contributed by atoms with Crippen molar-refractivity contribution in [3.05, 3.63) is 0 Å². The number of rotatable bonds is 8. The predicted molar refractivity (Wildman–Crippen MR) is 69.3 cm³/mol. The molecule has 0 saturated carbocycles. The molecule has 0 unspecified atom stereocenters. The number of hydrogen-bond donors (Lipinski definition) is 1. The Morgan fingerprint density at radius 1 is 1.13 bits per heavy atom. The number of nitrogens with one attached hydrogen (secondary N) is 1. The van der Waals surface area contributed by atoms with E-state index in [2.05, 4.69) is 51.9 Å². The summed E-state index contributed by atoms with van der Waals surface area (Å²) in [7, 11) is 2.23. The molecule has 0 aliphatic heterocycles. The van der Waals surface area contributed by atoms with Crippen molar-refractivity contribution in [3.8, 4) is 0 Å². The topological polar surface area (TPSA) is 15.3 Å². The highest BCUT2D eigenvalue weighted by atomic mass is 15.1. The Bertz CT molecular complexity index is 151. The van der Waals surface area contributed by atoms with Gasteiger partial charge in [-0.3, -0.25) is 0 Å². The van der Waals surface area contributed by atoms with E-state index in [1.54, 1.807) is 0 Å². The van der Waals surface area contributed by atoms with Gasteiger partial charge in [0, 0.05) is 19.1 Å². The quantitative estimate of drug-likeness (QED) is 0.668. The van der Waals surface area contributed by atoms with Gasteiger partial charge in [-0.25, -0.2) is 0 Å². The molecule has 0 fully saturated rings. The van der Waals surface area contributed by atoms with E-state index in [1.807, 2.05) is 0 Å². The molecule has 0 amide bonds. The van der Waals surface area contributed by atoms with Gasteiger partial charge in [-0.2, -0.15) is 0 Å². The van der Waals surface area contributed by atoms with Crippen LogP contribution in [0, 0.1) is 5.41 Å². The summed E-state index contributed by atoms with van der Waals surface area (Å²) in [5.74, 6) is 0. The summed E-state index contributed by atoms with van der Waals surface area (Å²) < 4.78 is 0. The second-order valence-corrected chi connectivity index (χ2v) is 5.00. The molecule has 0 spiro atoms. The second kappa shape index (κ2) is 7.24. The normalized spacial score (nSPS) is 12.8. The van der Waals surface area contributed by atoms with Gasteiger partial charge in [0.2, 0.25) is 0 Å². The first-order chi connectivity index (χ1) is 7.01. The third-order valence-electron chi connectivity index (χ3n) is 3.72. The highest BCUT2D eigenvalue weighted by Gasteiger charge is 2.27. The molecule has 0 aliphatic rings. The zero-order valence-corrected chi connectivity index (χ0v) is 11.6. The van der Waals surface area contributed by atoms with E-state index in [0.717, 1.165) is 13.1 Å². The molecule has 0 aliphatic carbocycles. The van der Waals surface area contributed by atoms with Gasteiger partial charge in [-0.05, 0) is 45.7 Å². The Balaban J connectivity index is 4.34. The molecular weight excluding hydrogens is 184 g/mol. The van der Waals surface area contributed by atoms with Gasteiger partial charge in [0.15, 0.2) is 0 Å². The fraction of sp³-hybridized carbons (Fsp3) is 1.00. The molecule has 0 rings (SSSR count). The lowest BCUT2D eigenvalue weighted by atomic mass is 9.81. The number of nitrogens with zero attached hydrogens (tertiary/aromatic N) is 1. The maximum Gasteiger partial charge on any atom is 0.00496 e. The molecule has 92 valence electrons. The van der Waals surface area contributed by atoms with Crippen LogP contribution in [0.1, 0.15) is 47.5 Å². The first-order valence-corrected chi connectivity index (χ1v) is 6.42. The summed E-state index contributed by atoms with van der Waals surface area (Å²) >= 11 is 0. The van der Waals surface area contributed by atoms with Crippen molar-refractivity contribution < 1.29 is 0 Å². The monoisotopic (exact) mass is 214 g/mol. The van der Waals surface area contributed by atoms with Crippen LogP contribution in [-0.4, -0.2) is 37.6 Å². The van der Waals surface area contributed by atoms with Gasteiger partial charge in [0.1, 0.15) is 0 Å². The van der Waals surface area contributed by atoms with Gasteiger partial charge in [-0.15, -0.1) is 0 Å². The van der Waals surface area contributed by atoms with E-state index in [0.29, 0.717) is 11.5 Å². The van der Waals surface area contributed by atoms with Crippen LogP contribution >= 0.6 is 0 Å². The minimum atomic E-state index is 0.453. The lowest BCUT2D eigenvalue weighted by Gasteiger charge is -2.37. The molecule has 0 saturated heterocycles. The average Bonchev–Trinajstić information content (AvgIpc) is 2.24. The summed E-state index contributed by atoms with van der Waals surface area (Å²) in [6.45, 7) is 14.8. The van der Waals surface area contributed by atoms with Crippen LogP contribution in [-0.2, 0) is 0 Å². The zero-order chi connectivity index (χ0) is 11.9. The summed E-state index contributed by atoms with van der Waals surface area (Å²) in [6, 6.07) is 0.643. The molecule has 0 aromatic heterocycles. The molecule has 0 aromatic carbocycles. The second-order valence-electron chi connectivity index (χ2n) is 5.00. The molecule has 2 heteroatoms. The van der Waals surface area contributed by atoms with Crippen molar-refractivity contribution in [2.45, 2.75) is 53.5 Å². The van der Waals surface area contributed by atoms with Crippen LogP contribution in [0.3, 0.4) is 0 Å². The highest BCUT2D eigenvalue weighted by Crippen LogP contribution is 2.27. The van der Waals surface area contributed by atoms with Gasteiger partial charge >= 0.3 is 0 Å². The first kappa shape index (κ1) is 14.9. The molecule has 0 atom stereocenters.